The van der Waals surface area contributed by atoms with Gasteiger partial charge in [0.05, 0.1) is 18.1 Å². The average molecular weight is 273 g/mol. The number of aromatic nitrogens is 3. The van der Waals surface area contributed by atoms with E-state index in [0.29, 0.717) is 11.6 Å². The number of pyridine rings is 1. The number of urea groups is 1. The number of fused-ring (bicyclic) bond motifs is 1. The van der Waals surface area contributed by atoms with Crippen LogP contribution in [0.3, 0.4) is 0 Å². The molecule has 2 N–H and O–H groups in total. The number of carbonyl (C=O) groups is 1. The van der Waals surface area contributed by atoms with Crippen LogP contribution in [0.2, 0.25) is 0 Å². The molecule has 0 aromatic carbocycles. The number of carbonyl (C=O) groups excluding carboxylic acids is 1. The highest BCUT2D eigenvalue weighted by Crippen LogP contribution is 2.27. The van der Waals surface area contributed by atoms with Crippen LogP contribution < -0.4 is 10.6 Å². The minimum Gasteiger partial charge on any atom is -0.338 e. The molecule has 1 aliphatic carbocycles. The number of nitrogens with zero attached hydrogens (tertiary/aromatic N) is 3. The maximum atomic E-state index is 11.7. The number of hydrogen-bond donors (Lipinski definition) is 2. The van der Waals surface area contributed by atoms with Crippen LogP contribution >= 0.6 is 0 Å². The summed E-state index contributed by atoms with van der Waals surface area (Å²) in [5.74, 6) is 0.672. The Kier molecular flexibility index (Phi) is 3.30. The summed E-state index contributed by atoms with van der Waals surface area (Å²) in [6, 6.07) is 1.99. The summed E-state index contributed by atoms with van der Waals surface area (Å²) in [5.41, 5.74) is 1.53. The fourth-order valence-electron chi connectivity index (χ4n) is 2.12. The summed E-state index contributed by atoms with van der Waals surface area (Å²) < 4.78 is 1.87. The molecule has 0 radical (unpaired) electrons. The second-order valence-corrected chi connectivity index (χ2v) is 5.60. The minimum absolute atomic E-state index is 0.172. The molecule has 0 aliphatic heterocycles. The first kappa shape index (κ1) is 12.9. The van der Waals surface area contributed by atoms with E-state index in [4.69, 9.17) is 0 Å². The van der Waals surface area contributed by atoms with E-state index in [0.717, 1.165) is 17.6 Å². The summed E-state index contributed by atoms with van der Waals surface area (Å²) in [5, 5.41) is 10.9. The van der Waals surface area contributed by atoms with E-state index in [1.165, 1.54) is 12.8 Å². The van der Waals surface area contributed by atoms with Crippen molar-refractivity contribution >= 4 is 22.8 Å². The van der Waals surface area contributed by atoms with Crippen molar-refractivity contribution in [1.29, 1.82) is 0 Å². The quantitative estimate of drug-likeness (QED) is 0.899. The number of rotatable bonds is 4. The Balaban J connectivity index is 1.70. The van der Waals surface area contributed by atoms with Crippen LogP contribution in [0.15, 0.2) is 18.5 Å². The summed E-state index contributed by atoms with van der Waals surface area (Å²) in [6.45, 7) is 4.88. The summed E-state index contributed by atoms with van der Waals surface area (Å²) in [7, 11) is 0. The Hall–Kier alpha value is -2.11. The van der Waals surface area contributed by atoms with Gasteiger partial charge >= 0.3 is 6.03 Å². The van der Waals surface area contributed by atoms with Gasteiger partial charge in [-0.1, -0.05) is 0 Å². The van der Waals surface area contributed by atoms with E-state index in [-0.39, 0.29) is 12.1 Å². The molecule has 3 rings (SSSR count). The zero-order valence-electron chi connectivity index (χ0n) is 11.8. The van der Waals surface area contributed by atoms with Crippen molar-refractivity contribution in [2.24, 2.45) is 5.92 Å². The van der Waals surface area contributed by atoms with Crippen LogP contribution in [-0.2, 0) is 0 Å². The molecule has 1 saturated carbocycles. The van der Waals surface area contributed by atoms with Crippen molar-refractivity contribution in [3.05, 3.63) is 18.5 Å². The third-order valence-electron chi connectivity index (χ3n) is 3.43. The highest BCUT2D eigenvalue weighted by molar-refractivity contribution is 5.91. The summed E-state index contributed by atoms with van der Waals surface area (Å²) >= 11 is 0. The first-order chi connectivity index (χ1) is 9.63. The Bertz CT molecular complexity index is 630. The van der Waals surface area contributed by atoms with Crippen molar-refractivity contribution in [2.75, 3.05) is 11.9 Å². The van der Waals surface area contributed by atoms with E-state index < -0.39 is 0 Å². The summed E-state index contributed by atoms with van der Waals surface area (Å²) in [6.07, 6.45) is 5.89. The molecule has 0 saturated heterocycles. The maximum Gasteiger partial charge on any atom is 0.319 e. The van der Waals surface area contributed by atoms with Gasteiger partial charge in [-0.15, -0.1) is 0 Å². The standard InChI is InChI=1S/C14H19N5O/c1-9(2)19-13-11(7-17-19)5-12(8-15-13)18-14(20)16-6-10-3-4-10/h5,7-10H,3-4,6H2,1-2H3,(H2,16,18,20). The Morgan fingerprint density at radius 1 is 1.45 bits per heavy atom. The molecular formula is C14H19N5O. The van der Waals surface area contributed by atoms with Gasteiger partial charge in [0.25, 0.3) is 0 Å². The van der Waals surface area contributed by atoms with E-state index in [1.54, 1.807) is 12.4 Å². The molecule has 2 amide bonds. The zero-order valence-corrected chi connectivity index (χ0v) is 11.8. The van der Waals surface area contributed by atoms with Crippen molar-refractivity contribution in [2.45, 2.75) is 32.7 Å². The van der Waals surface area contributed by atoms with Crippen LogP contribution in [0, 0.1) is 5.92 Å². The molecule has 20 heavy (non-hydrogen) atoms. The van der Waals surface area contributed by atoms with Gasteiger partial charge in [0.15, 0.2) is 5.65 Å². The van der Waals surface area contributed by atoms with Crippen molar-refractivity contribution in [3.63, 3.8) is 0 Å². The van der Waals surface area contributed by atoms with Crippen LogP contribution in [-0.4, -0.2) is 27.3 Å². The van der Waals surface area contributed by atoms with Crippen LogP contribution in [0.1, 0.15) is 32.7 Å². The van der Waals surface area contributed by atoms with Gasteiger partial charge in [-0.05, 0) is 38.7 Å². The second-order valence-electron chi connectivity index (χ2n) is 5.60. The van der Waals surface area contributed by atoms with E-state index in [9.17, 15) is 4.79 Å². The van der Waals surface area contributed by atoms with Gasteiger partial charge in [0.2, 0.25) is 0 Å². The molecule has 1 aliphatic rings. The lowest BCUT2D eigenvalue weighted by Crippen LogP contribution is -2.30. The van der Waals surface area contributed by atoms with Gasteiger partial charge in [-0.25, -0.2) is 14.5 Å². The lowest BCUT2D eigenvalue weighted by atomic mass is 10.3. The van der Waals surface area contributed by atoms with Gasteiger partial charge < -0.3 is 10.6 Å². The SMILES string of the molecule is CC(C)n1ncc2cc(NC(=O)NCC3CC3)cnc21. The molecule has 6 nitrogen and oxygen atoms in total. The third kappa shape index (κ3) is 2.74. The van der Waals surface area contributed by atoms with Crippen molar-refractivity contribution in [3.8, 4) is 0 Å². The van der Waals surface area contributed by atoms with Gasteiger partial charge in [-0.2, -0.15) is 5.10 Å². The van der Waals surface area contributed by atoms with E-state index >= 15 is 0 Å². The number of anilines is 1. The first-order valence-corrected chi connectivity index (χ1v) is 7.01. The number of amides is 2. The normalized spacial score (nSPS) is 14.8. The van der Waals surface area contributed by atoms with Crippen molar-refractivity contribution < 1.29 is 4.79 Å². The molecule has 0 spiro atoms. The first-order valence-electron chi connectivity index (χ1n) is 7.01. The van der Waals surface area contributed by atoms with Gasteiger partial charge in [0.1, 0.15) is 0 Å². The predicted molar refractivity (Wildman–Crippen MR) is 77.7 cm³/mol. The molecule has 2 aromatic heterocycles. The monoisotopic (exact) mass is 273 g/mol. The number of nitrogens with one attached hydrogen (secondary N) is 2. The summed E-state index contributed by atoms with van der Waals surface area (Å²) in [4.78, 5) is 16.1. The topological polar surface area (TPSA) is 71.8 Å². The maximum absolute atomic E-state index is 11.7. The smallest absolute Gasteiger partial charge is 0.319 e. The Morgan fingerprint density at radius 3 is 2.95 bits per heavy atom. The molecule has 1 fully saturated rings. The highest BCUT2D eigenvalue weighted by atomic mass is 16.2. The lowest BCUT2D eigenvalue weighted by Gasteiger charge is -2.08. The fourth-order valence-corrected chi connectivity index (χ4v) is 2.12. The molecule has 0 bridgehead atoms. The zero-order chi connectivity index (χ0) is 14.1. The average Bonchev–Trinajstić information content (AvgIpc) is 3.14. The van der Waals surface area contributed by atoms with Crippen molar-refractivity contribution in [1.82, 2.24) is 20.1 Å². The molecule has 2 heterocycles. The highest BCUT2D eigenvalue weighted by Gasteiger charge is 2.21. The molecule has 0 unspecified atom stereocenters. The van der Waals surface area contributed by atoms with Crippen LogP contribution in [0.4, 0.5) is 10.5 Å². The number of hydrogen-bond acceptors (Lipinski definition) is 3. The Labute approximate surface area is 117 Å². The van der Waals surface area contributed by atoms with E-state index in [2.05, 4.69) is 34.6 Å². The molecular weight excluding hydrogens is 254 g/mol. The second kappa shape index (κ2) is 5.11. The fraction of sp³-hybridized carbons (Fsp3) is 0.500. The largest absolute Gasteiger partial charge is 0.338 e. The van der Waals surface area contributed by atoms with Crippen LogP contribution in [0.25, 0.3) is 11.0 Å². The molecule has 106 valence electrons. The van der Waals surface area contributed by atoms with Gasteiger partial charge in [-0.3, -0.25) is 0 Å². The van der Waals surface area contributed by atoms with Crippen LogP contribution in [0.5, 0.6) is 0 Å². The molecule has 2 aromatic rings. The minimum atomic E-state index is -0.172. The Morgan fingerprint density at radius 2 is 2.25 bits per heavy atom. The lowest BCUT2D eigenvalue weighted by molar-refractivity contribution is 0.251. The molecule has 0 atom stereocenters. The third-order valence-corrected chi connectivity index (χ3v) is 3.43. The predicted octanol–water partition coefficient (Wildman–Crippen LogP) is 2.54. The van der Waals surface area contributed by atoms with E-state index in [1.807, 2.05) is 10.7 Å². The molecule has 6 heteroatoms. The van der Waals surface area contributed by atoms with Gasteiger partial charge in [0, 0.05) is 18.0 Å².